The third-order valence-electron chi connectivity index (χ3n) is 2.24. The molecule has 1 N–H and O–H groups in total. The molecule has 2 rings (SSSR count). The predicted octanol–water partition coefficient (Wildman–Crippen LogP) is 4.35. The molecule has 4 nitrogen and oxygen atoms in total. The van der Waals surface area contributed by atoms with Gasteiger partial charge in [-0.3, -0.25) is 0 Å². The van der Waals surface area contributed by atoms with E-state index < -0.39 is 0 Å². The normalized spacial score (nSPS) is 10.5. The molecule has 0 atom stereocenters. The number of rotatable bonds is 6. The van der Waals surface area contributed by atoms with Gasteiger partial charge in [-0.15, -0.1) is 10.2 Å². The Morgan fingerprint density at radius 1 is 1.42 bits per heavy atom. The average Bonchev–Trinajstić information content (AvgIpc) is 2.83. The number of nitrogens with one attached hydrogen (secondary N) is 1. The van der Waals surface area contributed by atoms with Gasteiger partial charge in [-0.2, -0.15) is 0 Å². The Hall–Kier alpha value is -0.850. The number of ether oxygens (including phenoxy) is 1. The second-order valence-corrected chi connectivity index (χ2v) is 6.18. The van der Waals surface area contributed by atoms with Gasteiger partial charge in [0.1, 0.15) is 12.4 Å². The first kappa shape index (κ1) is 14.6. The zero-order valence-electron chi connectivity index (χ0n) is 10.3. The van der Waals surface area contributed by atoms with E-state index in [1.807, 2.05) is 12.1 Å². The second kappa shape index (κ2) is 7.07. The summed E-state index contributed by atoms with van der Waals surface area (Å²) in [5.41, 5.74) is 0. The van der Waals surface area contributed by atoms with Crippen molar-refractivity contribution in [3.05, 3.63) is 32.7 Å². The van der Waals surface area contributed by atoms with E-state index >= 15 is 0 Å². The molecule has 102 valence electrons. The smallest absolute Gasteiger partial charge is 0.205 e. The van der Waals surface area contributed by atoms with Crippen molar-refractivity contribution in [3.63, 3.8) is 0 Å². The molecular formula is C12H13BrClN3OS. The van der Waals surface area contributed by atoms with Crippen molar-refractivity contribution in [2.45, 2.75) is 20.0 Å². The second-order valence-electron chi connectivity index (χ2n) is 3.79. The summed E-state index contributed by atoms with van der Waals surface area (Å²) in [7, 11) is 0. The van der Waals surface area contributed by atoms with Gasteiger partial charge >= 0.3 is 0 Å². The number of aromatic nitrogens is 2. The monoisotopic (exact) mass is 361 g/mol. The Morgan fingerprint density at radius 3 is 3.00 bits per heavy atom. The Kier molecular flexibility index (Phi) is 5.42. The summed E-state index contributed by atoms with van der Waals surface area (Å²) in [6.07, 6.45) is 1.06. The molecular weight excluding hydrogens is 350 g/mol. The van der Waals surface area contributed by atoms with Crippen molar-refractivity contribution in [2.24, 2.45) is 0 Å². The quantitative estimate of drug-likeness (QED) is 0.829. The van der Waals surface area contributed by atoms with Crippen molar-refractivity contribution in [2.75, 3.05) is 11.9 Å². The first-order chi connectivity index (χ1) is 9.19. The number of halogens is 2. The van der Waals surface area contributed by atoms with E-state index in [-0.39, 0.29) is 0 Å². The molecule has 0 fully saturated rings. The fourth-order valence-electron chi connectivity index (χ4n) is 1.35. The molecule has 0 bridgehead atoms. The molecule has 0 saturated heterocycles. The van der Waals surface area contributed by atoms with Gasteiger partial charge in [0.2, 0.25) is 5.13 Å². The van der Waals surface area contributed by atoms with E-state index in [0.717, 1.165) is 27.6 Å². The highest BCUT2D eigenvalue weighted by Gasteiger charge is 2.06. The largest absolute Gasteiger partial charge is 0.485 e. The van der Waals surface area contributed by atoms with Crippen LogP contribution in [0.5, 0.6) is 5.75 Å². The van der Waals surface area contributed by atoms with Gasteiger partial charge in [-0.1, -0.05) is 45.8 Å². The van der Waals surface area contributed by atoms with Crippen LogP contribution in [-0.2, 0) is 6.61 Å². The lowest BCUT2D eigenvalue weighted by atomic mass is 10.3. The van der Waals surface area contributed by atoms with Crippen LogP contribution in [0.4, 0.5) is 5.13 Å². The molecule has 1 aromatic heterocycles. The summed E-state index contributed by atoms with van der Waals surface area (Å²) in [5.74, 6) is 0.642. The van der Waals surface area contributed by atoms with E-state index in [4.69, 9.17) is 16.3 Å². The van der Waals surface area contributed by atoms with E-state index in [0.29, 0.717) is 17.4 Å². The molecule has 2 aromatic rings. The van der Waals surface area contributed by atoms with E-state index in [2.05, 4.69) is 38.4 Å². The van der Waals surface area contributed by atoms with E-state index in [1.54, 1.807) is 6.07 Å². The average molecular weight is 363 g/mol. The topological polar surface area (TPSA) is 47.0 Å². The minimum atomic E-state index is 0.368. The van der Waals surface area contributed by atoms with Gasteiger partial charge in [0.25, 0.3) is 0 Å². The molecule has 19 heavy (non-hydrogen) atoms. The number of benzene rings is 1. The van der Waals surface area contributed by atoms with Crippen molar-refractivity contribution in [1.29, 1.82) is 0 Å². The maximum absolute atomic E-state index is 6.07. The van der Waals surface area contributed by atoms with Crippen LogP contribution in [0, 0.1) is 0 Å². The molecule has 0 aliphatic heterocycles. The standard InChI is InChI=1S/C12H13BrClN3OS/c1-2-5-15-12-17-16-11(19-12)7-18-10-4-3-8(13)6-9(10)14/h3-4,6H,2,5,7H2,1H3,(H,15,17). The maximum atomic E-state index is 6.07. The minimum absolute atomic E-state index is 0.368. The van der Waals surface area contributed by atoms with Gasteiger partial charge in [-0.25, -0.2) is 0 Å². The van der Waals surface area contributed by atoms with Gasteiger partial charge in [0.15, 0.2) is 5.01 Å². The van der Waals surface area contributed by atoms with Crippen molar-refractivity contribution < 1.29 is 4.74 Å². The highest BCUT2D eigenvalue weighted by molar-refractivity contribution is 9.10. The first-order valence-electron chi connectivity index (χ1n) is 5.83. The Balaban J connectivity index is 1.92. The number of hydrogen-bond acceptors (Lipinski definition) is 5. The van der Waals surface area contributed by atoms with Crippen LogP contribution in [0.3, 0.4) is 0 Å². The number of nitrogens with zero attached hydrogens (tertiary/aromatic N) is 2. The zero-order valence-corrected chi connectivity index (χ0v) is 13.5. The van der Waals surface area contributed by atoms with Gasteiger partial charge < -0.3 is 10.1 Å². The molecule has 0 aliphatic rings. The summed E-state index contributed by atoms with van der Waals surface area (Å²) in [6, 6.07) is 5.50. The summed E-state index contributed by atoms with van der Waals surface area (Å²) in [4.78, 5) is 0. The predicted molar refractivity (Wildman–Crippen MR) is 82.2 cm³/mol. The van der Waals surface area contributed by atoms with Crippen LogP contribution in [0.2, 0.25) is 5.02 Å². The molecule has 0 spiro atoms. The number of hydrogen-bond donors (Lipinski definition) is 1. The van der Waals surface area contributed by atoms with Gasteiger partial charge in [0.05, 0.1) is 5.02 Å². The molecule has 1 heterocycles. The Labute approximate surface area is 129 Å². The van der Waals surface area contributed by atoms with Crippen LogP contribution in [-0.4, -0.2) is 16.7 Å². The maximum Gasteiger partial charge on any atom is 0.205 e. The zero-order chi connectivity index (χ0) is 13.7. The van der Waals surface area contributed by atoms with E-state index in [1.165, 1.54) is 11.3 Å². The highest BCUT2D eigenvalue weighted by Crippen LogP contribution is 2.28. The molecule has 1 aromatic carbocycles. The Morgan fingerprint density at radius 2 is 2.26 bits per heavy atom. The summed E-state index contributed by atoms with van der Waals surface area (Å²) in [6.45, 7) is 3.37. The number of anilines is 1. The molecule has 0 unspecified atom stereocenters. The summed E-state index contributed by atoms with van der Waals surface area (Å²) < 4.78 is 6.55. The van der Waals surface area contributed by atoms with Crippen molar-refractivity contribution in [3.8, 4) is 5.75 Å². The molecule has 7 heteroatoms. The fourth-order valence-corrected chi connectivity index (χ4v) is 2.75. The lowest BCUT2D eigenvalue weighted by molar-refractivity contribution is 0.304. The van der Waals surface area contributed by atoms with E-state index in [9.17, 15) is 0 Å². The minimum Gasteiger partial charge on any atom is -0.485 e. The molecule has 0 radical (unpaired) electrons. The third-order valence-corrected chi connectivity index (χ3v) is 3.88. The third kappa shape index (κ3) is 4.33. The first-order valence-corrected chi connectivity index (χ1v) is 7.82. The van der Waals surface area contributed by atoms with Gasteiger partial charge in [0, 0.05) is 11.0 Å². The van der Waals surface area contributed by atoms with Crippen molar-refractivity contribution in [1.82, 2.24) is 10.2 Å². The van der Waals surface area contributed by atoms with Crippen LogP contribution in [0.1, 0.15) is 18.4 Å². The van der Waals surface area contributed by atoms with Gasteiger partial charge in [-0.05, 0) is 24.6 Å². The van der Waals surface area contributed by atoms with Crippen molar-refractivity contribution >= 4 is 44.0 Å². The summed E-state index contributed by atoms with van der Waals surface area (Å²) >= 11 is 10.9. The van der Waals surface area contributed by atoms with Crippen LogP contribution >= 0.6 is 38.9 Å². The van der Waals surface area contributed by atoms with Crippen LogP contribution in [0.15, 0.2) is 22.7 Å². The van der Waals surface area contributed by atoms with Crippen LogP contribution < -0.4 is 10.1 Å². The molecule has 0 amide bonds. The Bertz CT molecular complexity index is 550. The fraction of sp³-hybridized carbons (Fsp3) is 0.333. The molecule has 0 saturated carbocycles. The SMILES string of the molecule is CCCNc1nnc(COc2ccc(Br)cc2Cl)s1. The highest BCUT2D eigenvalue weighted by atomic mass is 79.9. The lowest BCUT2D eigenvalue weighted by Gasteiger charge is -2.05. The lowest BCUT2D eigenvalue weighted by Crippen LogP contribution is -1.98. The van der Waals surface area contributed by atoms with Crippen LogP contribution in [0.25, 0.3) is 0 Å². The molecule has 0 aliphatic carbocycles. The summed E-state index contributed by atoms with van der Waals surface area (Å²) in [5, 5.41) is 13.5.